The number of nitrogens with zero attached hydrogens (tertiary/aromatic N) is 2. The monoisotopic (exact) mass is 336 g/mol. The van der Waals surface area contributed by atoms with Crippen molar-refractivity contribution in [1.82, 2.24) is 20.2 Å². The molecular formula is C21H28N4. The molecule has 4 nitrogen and oxygen atoms in total. The summed E-state index contributed by atoms with van der Waals surface area (Å²) in [6, 6.07) is 11.7. The van der Waals surface area contributed by atoms with Gasteiger partial charge in [-0.25, -0.2) is 4.98 Å². The average molecular weight is 336 g/mol. The van der Waals surface area contributed by atoms with Gasteiger partial charge in [0.25, 0.3) is 0 Å². The van der Waals surface area contributed by atoms with E-state index in [0.29, 0.717) is 11.5 Å². The van der Waals surface area contributed by atoms with E-state index in [1.165, 1.54) is 49.3 Å². The number of imidazole rings is 1. The molecule has 0 bridgehead atoms. The first kappa shape index (κ1) is 15.6. The van der Waals surface area contributed by atoms with Gasteiger partial charge in [-0.3, -0.25) is 0 Å². The minimum atomic E-state index is 0.498. The number of hydrogen-bond acceptors (Lipinski definition) is 3. The average Bonchev–Trinajstić information content (AvgIpc) is 3.50. The summed E-state index contributed by atoms with van der Waals surface area (Å²) >= 11 is 0. The summed E-state index contributed by atoms with van der Waals surface area (Å²) in [6.45, 7) is 4.41. The van der Waals surface area contributed by atoms with Crippen molar-refractivity contribution in [2.75, 3.05) is 13.1 Å². The summed E-state index contributed by atoms with van der Waals surface area (Å²) in [5, 5.41) is 7.54. The Hall–Kier alpha value is -1.65. The molecule has 2 heterocycles. The molecule has 1 aliphatic heterocycles. The zero-order valence-electron chi connectivity index (χ0n) is 14.9. The predicted octanol–water partition coefficient (Wildman–Crippen LogP) is 2.84. The molecule has 132 valence electrons. The van der Waals surface area contributed by atoms with E-state index in [1.807, 2.05) is 0 Å². The molecule has 0 saturated heterocycles. The summed E-state index contributed by atoms with van der Waals surface area (Å²) < 4.78 is 2.40. The number of fused-ring (bicyclic) bond motifs is 1. The van der Waals surface area contributed by atoms with Gasteiger partial charge in [-0.15, -0.1) is 0 Å². The summed E-state index contributed by atoms with van der Waals surface area (Å²) in [6.07, 6.45) is 8.50. The van der Waals surface area contributed by atoms with Crippen molar-refractivity contribution in [3.63, 3.8) is 0 Å². The Bertz CT molecular complexity index is 732. The minimum Gasteiger partial charge on any atom is -0.331 e. The number of aromatic nitrogens is 2. The number of hydrogen-bond donors (Lipinski definition) is 2. The van der Waals surface area contributed by atoms with Gasteiger partial charge in [-0.1, -0.05) is 30.3 Å². The van der Waals surface area contributed by atoms with Crippen molar-refractivity contribution in [3.8, 4) is 0 Å². The summed E-state index contributed by atoms with van der Waals surface area (Å²) in [7, 11) is 0. The van der Waals surface area contributed by atoms with Crippen molar-refractivity contribution in [3.05, 3.63) is 53.6 Å². The normalized spacial score (nSPS) is 25.8. The molecule has 3 aliphatic rings. The third kappa shape index (κ3) is 3.25. The molecule has 2 fully saturated rings. The van der Waals surface area contributed by atoms with E-state index < -0.39 is 0 Å². The van der Waals surface area contributed by atoms with E-state index in [-0.39, 0.29) is 0 Å². The zero-order chi connectivity index (χ0) is 16.7. The molecular weight excluding hydrogens is 308 g/mol. The van der Waals surface area contributed by atoms with Crippen LogP contribution in [0.4, 0.5) is 0 Å². The largest absolute Gasteiger partial charge is 0.331 e. The van der Waals surface area contributed by atoms with Gasteiger partial charge in [0.15, 0.2) is 0 Å². The van der Waals surface area contributed by atoms with Gasteiger partial charge in [-0.2, -0.15) is 0 Å². The lowest BCUT2D eigenvalue weighted by Gasteiger charge is -2.17. The van der Waals surface area contributed by atoms with Gasteiger partial charge in [0.05, 0.1) is 5.69 Å². The smallest absolute Gasteiger partial charge is 0.108 e. The van der Waals surface area contributed by atoms with Crippen LogP contribution >= 0.6 is 0 Å². The van der Waals surface area contributed by atoms with Crippen LogP contribution in [-0.2, 0) is 19.5 Å². The molecule has 1 unspecified atom stereocenters. The molecule has 0 radical (unpaired) electrons. The molecule has 0 spiro atoms. The highest BCUT2D eigenvalue weighted by atomic mass is 15.1. The molecule has 25 heavy (non-hydrogen) atoms. The first-order valence-corrected chi connectivity index (χ1v) is 9.85. The molecule has 2 atom stereocenters. The Labute approximate surface area is 150 Å². The van der Waals surface area contributed by atoms with E-state index in [1.54, 1.807) is 0 Å². The lowest BCUT2D eigenvalue weighted by molar-refractivity contribution is 0.417. The summed E-state index contributed by atoms with van der Waals surface area (Å²) in [4.78, 5) is 4.54. The fourth-order valence-electron chi connectivity index (χ4n) is 4.35. The lowest BCUT2D eigenvalue weighted by atomic mass is 10.1. The number of aryl methyl sites for hydroxylation is 1. The van der Waals surface area contributed by atoms with E-state index in [0.717, 1.165) is 32.0 Å². The highest BCUT2D eigenvalue weighted by Gasteiger charge is 2.45. The standard InChI is InChI=1S/C21H28N4/c1-2-5-16(6-3-1)18-11-19(18)24-15-21(8-9-21)14-22-12-17-13-23-20-7-4-10-25(17)20/h1-3,5-6,13,18-19,22,24H,4,7-12,14-15H2/t18?,19-/m0/s1. The van der Waals surface area contributed by atoms with Crippen molar-refractivity contribution in [2.24, 2.45) is 5.41 Å². The van der Waals surface area contributed by atoms with Crippen LogP contribution in [0, 0.1) is 5.41 Å². The highest BCUT2D eigenvalue weighted by Crippen LogP contribution is 2.46. The summed E-state index contributed by atoms with van der Waals surface area (Å²) in [5.74, 6) is 2.01. The minimum absolute atomic E-state index is 0.498. The molecule has 1 aromatic heterocycles. The van der Waals surface area contributed by atoms with Crippen molar-refractivity contribution in [1.29, 1.82) is 0 Å². The Kier molecular flexibility index (Phi) is 3.90. The zero-order valence-corrected chi connectivity index (χ0v) is 14.9. The molecule has 2 saturated carbocycles. The third-order valence-corrected chi connectivity index (χ3v) is 6.32. The van der Waals surface area contributed by atoms with E-state index in [4.69, 9.17) is 0 Å². The second kappa shape index (κ2) is 6.26. The van der Waals surface area contributed by atoms with Crippen LogP contribution in [0.3, 0.4) is 0 Å². The number of benzene rings is 1. The van der Waals surface area contributed by atoms with E-state index >= 15 is 0 Å². The van der Waals surface area contributed by atoms with Gasteiger partial charge in [0.1, 0.15) is 5.82 Å². The van der Waals surface area contributed by atoms with E-state index in [2.05, 4.69) is 56.7 Å². The van der Waals surface area contributed by atoms with Crippen LogP contribution in [0.25, 0.3) is 0 Å². The Morgan fingerprint density at radius 1 is 1.16 bits per heavy atom. The Morgan fingerprint density at radius 3 is 2.88 bits per heavy atom. The molecule has 4 heteroatoms. The van der Waals surface area contributed by atoms with Crippen LogP contribution < -0.4 is 10.6 Å². The summed E-state index contributed by atoms with van der Waals surface area (Å²) in [5.41, 5.74) is 3.36. The third-order valence-electron chi connectivity index (χ3n) is 6.32. The van der Waals surface area contributed by atoms with Crippen LogP contribution in [0.1, 0.15) is 48.7 Å². The van der Waals surface area contributed by atoms with Gasteiger partial charge in [-0.05, 0) is 36.7 Å². The van der Waals surface area contributed by atoms with Crippen LogP contribution in [0.5, 0.6) is 0 Å². The predicted molar refractivity (Wildman–Crippen MR) is 99.5 cm³/mol. The first-order chi connectivity index (χ1) is 12.3. The molecule has 1 aromatic carbocycles. The fourth-order valence-corrected chi connectivity index (χ4v) is 4.35. The van der Waals surface area contributed by atoms with Gasteiger partial charge in [0.2, 0.25) is 0 Å². The first-order valence-electron chi connectivity index (χ1n) is 9.85. The highest BCUT2D eigenvalue weighted by molar-refractivity contribution is 5.27. The van der Waals surface area contributed by atoms with Crippen LogP contribution in [0.15, 0.2) is 36.5 Å². The quantitative estimate of drug-likeness (QED) is 0.779. The molecule has 0 amide bonds. The topological polar surface area (TPSA) is 41.9 Å². The van der Waals surface area contributed by atoms with Crippen molar-refractivity contribution < 1.29 is 0 Å². The van der Waals surface area contributed by atoms with Gasteiger partial charge < -0.3 is 15.2 Å². The van der Waals surface area contributed by atoms with Crippen molar-refractivity contribution in [2.45, 2.75) is 57.2 Å². The number of nitrogens with one attached hydrogen (secondary N) is 2. The van der Waals surface area contributed by atoms with Gasteiger partial charge in [0, 0.05) is 50.8 Å². The second-order valence-corrected chi connectivity index (χ2v) is 8.26. The number of rotatable bonds is 8. The maximum atomic E-state index is 4.54. The molecule has 2 aromatic rings. The SMILES string of the molecule is c1ccc(C2C[C@@H]2NCC2(CNCc3cnc4n3CCC4)CC2)cc1. The fraction of sp³-hybridized carbons (Fsp3) is 0.571. The van der Waals surface area contributed by atoms with E-state index in [9.17, 15) is 0 Å². The van der Waals surface area contributed by atoms with Gasteiger partial charge >= 0.3 is 0 Å². The van der Waals surface area contributed by atoms with Crippen molar-refractivity contribution >= 4 is 0 Å². The molecule has 2 N–H and O–H groups in total. The second-order valence-electron chi connectivity index (χ2n) is 8.26. The van der Waals surface area contributed by atoms with Crippen LogP contribution in [-0.4, -0.2) is 28.7 Å². The Balaban J connectivity index is 1.08. The maximum absolute atomic E-state index is 4.54. The molecule has 2 aliphatic carbocycles. The molecule has 5 rings (SSSR count). The maximum Gasteiger partial charge on any atom is 0.108 e. The van der Waals surface area contributed by atoms with Crippen LogP contribution in [0.2, 0.25) is 0 Å². The lowest BCUT2D eigenvalue weighted by Crippen LogP contribution is -2.34. The Morgan fingerprint density at radius 2 is 2.04 bits per heavy atom.